The minimum atomic E-state index is -0.233. The van der Waals surface area contributed by atoms with Crippen molar-refractivity contribution < 1.29 is 13.9 Å². The average molecular weight is 385 g/mol. The molecule has 7 heteroatoms. The number of ether oxygens (including phenoxy) is 1. The monoisotopic (exact) mass is 385 g/mol. The van der Waals surface area contributed by atoms with E-state index in [9.17, 15) is 4.79 Å². The molecular weight excluding hydrogens is 362 g/mol. The minimum Gasteiger partial charge on any atom is -0.469 e. The van der Waals surface area contributed by atoms with Crippen molar-refractivity contribution in [3.8, 4) is 11.4 Å². The molecule has 0 atom stereocenters. The number of carbonyl (C=O) groups excluding carboxylic acids is 1. The summed E-state index contributed by atoms with van der Waals surface area (Å²) in [6.07, 6.45) is 3.52. The Morgan fingerprint density at radius 1 is 1.22 bits per heavy atom. The summed E-state index contributed by atoms with van der Waals surface area (Å²) >= 11 is 1.34. The molecule has 0 aliphatic rings. The summed E-state index contributed by atoms with van der Waals surface area (Å²) in [4.78, 5) is 11.9. The molecule has 2 heterocycles. The Bertz CT molecular complexity index is 874. The van der Waals surface area contributed by atoms with E-state index in [0.29, 0.717) is 18.3 Å². The lowest BCUT2D eigenvalue weighted by Crippen LogP contribution is -2.10. The maximum absolute atomic E-state index is 11.9. The zero-order chi connectivity index (χ0) is 19.1. The lowest BCUT2D eigenvalue weighted by Gasteiger charge is -2.10. The molecule has 0 fully saturated rings. The van der Waals surface area contributed by atoms with Crippen molar-refractivity contribution in [2.24, 2.45) is 0 Å². The highest BCUT2D eigenvalue weighted by molar-refractivity contribution is 7.99. The number of unbranched alkanes of at least 4 members (excludes halogenated alkanes) is 1. The van der Waals surface area contributed by atoms with E-state index >= 15 is 0 Å². The Labute approximate surface area is 162 Å². The van der Waals surface area contributed by atoms with Crippen molar-refractivity contribution >= 4 is 17.7 Å². The van der Waals surface area contributed by atoms with Gasteiger partial charge in [0.15, 0.2) is 11.0 Å². The Balaban J connectivity index is 1.80. The number of thioether (sulfide) groups is 1. The molecule has 0 aliphatic carbocycles. The van der Waals surface area contributed by atoms with Crippen molar-refractivity contribution in [3.63, 3.8) is 0 Å². The number of aromatic nitrogens is 3. The van der Waals surface area contributed by atoms with Gasteiger partial charge in [0.2, 0.25) is 0 Å². The van der Waals surface area contributed by atoms with Crippen LogP contribution in [0.4, 0.5) is 0 Å². The average Bonchev–Trinajstić information content (AvgIpc) is 3.27. The van der Waals surface area contributed by atoms with Crippen molar-refractivity contribution in [3.05, 3.63) is 54.0 Å². The van der Waals surface area contributed by atoms with Crippen LogP contribution < -0.4 is 0 Å². The van der Waals surface area contributed by atoms with Gasteiger partial charge in [-0.2, -0.15) is 0 Å². The first-order chi connectivity index (χ1) is 13.2. The number of aryl methyl sites for hydroxylation is 1. The van der Waals surface area contributed by atoms with Gasteiger partial charge in [0, 0.05) is 0 Å². The Hall–Kier alpha value is -2.54. The van der Waals surface area contributed by atoms with Crippen molar-refractivity contribution in [1.29, 1.82) is 0 Å². The highest BCUT2D eigenvalue weighted by Gasteiger charge is 2.19. The molecule has 3 rings (SSSR count). The molecule has 0 N–H and O–H groups in total. The molecule has 27 heavy (non-hydrogen) atoms. The van der Waals surface area contributed by atoms with Gasteiger partial charge in [-0.3, -0.25) is 9.36 Å². The van der Waals surface area contributed by atoms with E-state index in [2.05, 4.69) is 29.3 Å². The number of furan rings is 1. The number of carbonyl (C=O) groups is 1. The zero-order valence-electron chi connectivity index (χ0n) is 15.6. The van der Waals surface area contributed by atoms with Crippen LogP contribution in [0.3, 0.4) is 0 Å². The lowest BCUT2D eigenvalue weighted by atomic mass is 10.2. The highest BCUT2D eigenvalue weighted by Crippen LogP contribution is 2.28. The second-order valence-electron chi connectivity index (χ2n) is 6.13. The molecule has 0 saturated heterocycles. The van der Waals surface area contributed by atoms with E-state index in [1.54, 1.807) is 6.26 Å². The van der Waals surface area contributed by atoms with Gasteiger partial charge in [0.25, 0.3) is 0 Å². The van der Waals surface area contributed by atoms with E-state index in [1.165, 1.54) is 11.8 Å². The van der Waals surface area contributed by atoms with E-state index in [0.717, 1.165) is 35.6 Å². The molecular formula is C20H23N3O3S. The molecule has 0 bridgehead atoms. The molecule has 2 aromatic heterocycles. The first-order valence-corrected chi connectivity index (χ1v) is 9.97. The van der Waals surface area contributed by atoms with Crippen LogP contribution in [0.15, 0.2) is 52.2 Å². The van der Waals surface area contributed by atoms with Crippen molar-refractivity contribution in [2.45, 2.75) is 38.4 Å². The smallest absolute Gasteiger partial charge is 0.316 e. The van der Waals surface area contributed by atoms with E-state index in [4.69, 9.17) is 9.15 Å². The molecule has 6 nitrogen and oxygen atoms in total. The van der Waals surface area contributed by atoms with Gasteiger partial charge in [0.1, 0.15) is 5.76 Å². The van der Waals surface area contributed by atoms with Crippen LogP contribution in [-0.2, 0) is 16.1 Å². The predicted molar refractivity (Wildman–Crippen MR) is 105 cm³/mol. The van der Waals surface area contributed by atoms with E-state index < -0.39 is 0 Å². The largest absolute Gasteiger partial charge is 0.469 e. The third-order valence-electron chi connectivity index (χ3n) is 4.08. The molecule has 0 unspecified atom stereocenters. The zero-order valence-corrected chi connectivity index (χ0v) is 16.4. The number of hydrogen-bond acceptors (Lipinski definition) is 6. The highest BCUT2D eigenvalue weighted by atomic mass is 32.2. The summed E-state index contributed by atoms with van der Waals surface area (Å²) in [5, 5.41) is 9.34. The molecule has 0 spiro atoms. The maximum atomic E-state index is 11.9. The van der Waals surface area contributed by atoms with Gasteiger partial charge in [-0.05, 0) is 25.0 Å². The number of nitrogens with zero attached hydrogens (tertiary/aromatic N) is 3. The summed E-state index contributed by atoms with van der Waals surface area (Å²) in [6.45, 7) is 5.04. The summed E-state index contributed by atoms with van der Waals surface area (Å²) < 4.78 is 12.7. The normalized spacial score (nSPS) is 10.9. The third-order valence-corrected chi connectivity index (χ3v) is 5.02. The van der Waals surface area contributed by atoms with Crippen molar-refractivity contribution in [2.75, 3.05) is 12.4 Å². The molecule has 142 valence electrons. The number of hydrogen-bond donors (Lipinski definition) is 0. The third kappa shape index (κ3) is 5.01. The number of rotatable bonds is 9. The van der Waals surface area contributed by atoms with Crippen LogP contribution in [0.2, 0.25) is 0 Å². The van der Waals surface area contributed by atoms with Crippen LogP contribution >= 0.6 is 11.8 Å². The molecule has 0 amide bonds. The van der Waals surface area contributed by atoms with E-state index in [-0.39, 0.29) is 11.7 Å². The lowest BCUT2D eigenvalue weighted by molar-refractivity contribution is -0.140. The summed E-state index contributed by atoms with van der Waals surface area (Å²) in [5.74, 6) is 1.49. The minimum absolute atomic E-state index is 0.209. The van der Waals surface area contributed by atoms with Crippen molar-refractivity contribution in [1.82, 2.24) is 14.8 Å². The topological polar surface area (TPSA) is 70.2 Å². The fourth-order valence-corrected chi connectivity index (χ4v) is 3.35. The fraction of sp³-hybridized carbons (Fsp3) is 0.350. The van der Waals surface area contributed by atoms with Crippen LogP contribution in [-0.4, -0.2) is 33.1 Å². The second kappa shape index (κ2) is 9.41. The second-order valence-corrected chi connectivity index (χ2v) is 7.07. The van der Waals surface area contributed by atoms with Crippen LogP contribution in [0.5, 0.6) is 0 Å². The van der Waals surface area contributed by atoms with Gasteiger partial charge in [0.05, 0.1) is 30.7 Å². The molecule has 0 radical (unpaired) electrons. The molecule has 0 aliphatic heterocycles. The van der Waals surface area contributed by atoms with Gasteiger partial charge in [-0.1, -0.05) is 55.4 Å². The van der Waals surface area contributed by atoms with Gasteiger partial charge >= 0.3 is 5.97 Å². The summed E-state index contributed by atoms with van der Waals surface area (Å²) in [5.41, 5.74) is 2.03. The molecule has 0 saturated carbocycles. The quantitative estimate of drug-likeness (QED) is 0.310. The predicted octanol–water partition coefficient (Wildman–Crippen LogP) is 4.33. The first kappa shape index (κ1) is 19.2. The maximum Gasteiger partial charge on any atom is 0.316 e. The number of esters is 1. The Kier molecular flexibility index (Phi) is 6.70. The van der Waals surface area contributed by atoms with E-state index in [1.807, 2.05) is 35.8 Å². The summed E-state index contributed by atoms with van der Waals surface area (Å²) in [6, 6.07) is 12.0. The molecule has 1 aromatic carbocycles. The molecule has 3 aromatic rings. The SMILES string of the molecule is CCCCOC(=O)CSc1nnc(-c2ccoc2C)n1Cc1ccccc1. The van der Waals surface area contributed by atoms with Gasteiger partial charge < -0.3 is 9.15 Å². The Morgan fingerprint density at radius 3 is 2.74 bits per heavy atom. The standard InChI is InChI=1S/C20H23N3O3S/c1-3-4-11-26-18(24)14-27-20-22-21-19(17-10-12-25-15(17)2)23(20)13-16-8-6-5-7-9-16/h5-10,12H,3-4,11,13-14H2,1-2H3. The van der Waals surface area contributed by atoms with Crippen LogP contribution in [0.1, 0.15) is 31.1 Å². The van der Waals surface area contributed by atoms with Crippen LogP contribution in [0.25, 0.3) is 11.4 Å². The number of benzene rings is 1. The van der Waals surface area contributed by atoms with Crippen LogP contribution in [0, 0.1) is 6.92 Å². The van der Waals surface area contributed by atoms with Gasteiger partial charge in [-0.25, -0.2) is 0 Å². The first-order valence-electron chi connectivity index (χ1n) is 8.99. The Morgan fingerprint density at radius 2 is 2.04 bits per heavy atom. The fourth-order valence-electron chi connectivity index (χ4n) is 2.62. The summed E-state index contributed by atoms with van der Waals surface area (Å²) in [7, 11) is 0. The van der Waals surface area contributed by atoms with Gasteiger partial charge in [-0.15, -0.1) is 10.2 Å².